The third kappa shape index (κ3) is 3.81. The van der Waals surface area contributed by atoms with E-state index in [9.17, 15) is 5.11 Å². The summed E-state index contributed by atoms with van der Waals surface area (Å²) < 4.78 is 0. The van der Waals surface area contributed by atoms with Crippen molar-refractivity contribution in [2.75, 3.05) is 11.1 Å². The molecule has 0 amide bonds. The number of nitrogens with two attached hydrogens (primary N) is 1. The van der Waals surface area contributed by atoms with Gasteiger partial charge in [-0.3, -0.25) is 0 Å². The lowest BCUT2D eigenvalue weighted by atomic mass is 10.1. The number of nitrogens with zero attached hydrogens (tertiary/aromatic N) is 2. The van der Waals surface area contributed by atoms with Crippen LogP contribution >= 0.6 is 11.6 Å². The van der Waals surface area contributed by atoms with Crippen molar-refractivity contribution in [3.05, 3.63) is 46.6 Å². The van der Waals surface area contributed by atoms with Gasteiger partial charge in [-0.25, -0.2) is 4.98 Å². The molecule has 0 aliphatic rings. The molecule has 0 unspecified atom stereocenters. The topological polar surface area (TPSA) is 84.1 Å². The SMILES string of the molecule is C[C@H](O)c1ccc(CNc2cc(Cl)nc(N)n2)cc1. The van der Waals surface area contributed by atoms with E-state index in [0.29, 0.717) is 17.5 Å². The fraction of sp³-hybridized carbons (Fsp3) is 0.231. The van der Waals surface area contributed by atoms with Gasteiger partial charge < -0.3 is 16.2 Å². The maximum absolute atomic E-state index is 9.42. The quantitative estimate of drug-likeness (QED) is 0.748. The van der Waals surface area contributed by atoms with E-state index < -0.39 is 6.10 Å². The Bertz CT molecular complexity index is 537. The van der Waals surface area contributed by atoms with Crippen LogP contribution in [0.15, 0.2) is 30.3 Å². The Morgan fingerprint density at radius 1 is 1.32 bits per heavy atom. The molecule has 1 aromatic heterocycles. The second kappa shape index (κ2) is 5.86. The Morgan fingerprint density at radius 3 is 2.58 bits per heavy atom. The summed E-state index contributed by atoms with van der Waals surface area (Å²) >= 11 is 5.79. The van der Waals surface area contributed by atoms with Gasteiger partial charge in [0.2, 0.25) is 5.95 Å². The van der Waals surface area contributed by atoms with E-state index in [1.165, 1.54) is 0 Å². The van der Waals surface area contributed by atoms with Crippen LogP contribution in [0.4, 0.5) is 11.8 Å². The number of hydrogen-bond acceptors (Lipinski definition) is 5. The number of anilines is 2. The van der Waals surface area contributed by atoms with Gasteiger partial charge in [0.25, 0.3) is 0 Å². The third-order valence-electron chi connectivity index (χ3n) is 2.65. The van der Waals surface area contributed by atoms with Crippen LogP contribution in [0.5, 0.6) is 0 Å². The van der Waals surface area contributed by atoms with E-state index in [4.69, 9.17) is 17.3 Å². The minimum Gasteiger partial charge on any atom is -0.389 e. The maximum Gasteiger partial charge on any atom is 0.223 e. The molecular formula is C13H15ClN4O. The zero-order valence-electron chi connectivity index (χ0n) is 10.5. The van der Waals surface area contributed by atoms with Crippen LogP contribution in [-0.2, 0) is 6.54 Å². The minimum atomic E-state index is -0.456. The van der Waals surface area contributed by atoms with Crippen LogP contribution in [0.1, 0.15) is 24.2 Å². The summed E-state index contributed by atoms with van der Waals surface area (Å²) in [5.74, 6) is 0.719. The summed E-state index contributed by atoms with van der Waals surface area (Å²) in [6, 6.07) is 9.29. The van der Waals surface area contributed by atoms with Gasteiger partial charge in [0.05, 0.1) is 6.10 Å². The second-order valence-corrected chi connectivity index (χ2v) is 4.59. The molecule has 0 radical (unpaired) electrons. The smallest absolute Gasteiger partial charge is 0.223 e. The van der Waals surface area contributed by atoms with E-state index >= 15 is 0 Å². The molecule has 1 heterocycles. The van der Waals surface area contributed by atoms with Gasteiger partial charge in [-0.15, -0.1) is 0 Å². The zero-order chi connectivity index (χ0) is 13.8. The number of aliphatic hydroxyl groups excluding tert-OH is 1. The highest BCUT2D eigenvalue weighted by atomic mass is 35.5. The van der Waals surface area contributed by atoms with Crippen molar-refractivity contribution in [3.63, 3.8) is 0 Å². The van der Waals surface area contributed by atoms with Crippen LogP contribution in [0, 0.1) is 0 Å². The highest BCUT2D eigenvalue weighted by Crippen LogP contribution is 2.15. The van der Waals surface area contributed by atoms with E-state index in [-0.39, 0.29) is 5.95 Å². The first kappa shape index (κ1) is 13.6. The Hall–Kier alpha value is -1.85. The Labute approximate surface area is 116 Å². The number of aliphatic hydroxyl groups is 1. The molecule has 4 N–H and O–H groups in total. The molecule has 100 valence electrons. The van der Waals surface area contributed by atoms with Crippen molar-refractivity contribution in [1.29, 1.82) is 0 Å². The van der Waals surface area contributed by atoms with E-state index in [1.807, 2.05) is 24.3 Å². The zero-order valence-corrected chi connectivity index (χ0v) is 11.2. The van der Waals surface area contributed by atoms with Crippen molar-refractivity contribution in [2.45, 2.75) is 19.6 Å². The molecule has 0 aliphatic carbocycles. The van der Waals surface area contributed by atoms with Gasteiger partial charge in [-0.1, -0.05) is 35.9 Å². The third-order valence-corrected chi connectivity index (χ3v) is 2.84. The fourth-order valence-electron chi connectivity index (χ4n) is 1.63. The predicted molar refractivity (Wildman–Crippen MR) is 75.9 cm³/mol. The molecule has 0 spiro atoms. The van der Waals surface area contributed by atoms with Crippen molar-refractivity contribution < 1.29 is 5.11 Å². The van der Waals surface area contributed by atoms with E-state index in [1.54, 1.807) is 13.0 Å². The van der Waals surface area contributed by atoms with Gasteiger partial charge in [0.15, 0.2) is 0 Å². The second-order valence-electron chi connectivity index (χ2n) is 4.21. The van der Waals surface area contributed by atoms with Crippen molar-refractivity contribution >= 4 is 23.4 Å². The van der Waals surface area contributed by atoms with E-state index in [2.05, 4.69) is 15.3 Å². The highest BCUT2D eigenvalue weighted by molar-refractivity contribution is 6.29. The highest BCUT2D eigenvalue weighted by Gasteiger charge is 2.02. The average molecular weight is 279 g/mol. The van der Waals surface area contributed by atoms with Crippen molar-refractivity contribution in [3.8, 4) is 0 Å². The molecule has 2 aromatic rings. The number of benzene rings is 1. The largest absolute Gasteiger partial charge is 0.389 e. The Balaban J connectivity index is 2.02. The summed E-state index contributed by atoms with van der Waals surface area (Å²) in [4.78, 5) is 7.81. The van der Waals surface area contributed by atoms with Crippen LogP contribution in [0.2, 0.25) is 5.15 Å². The molecule has 0 aliphatic heterocycles. The summed E-state index contributed by atoms with van der Waals surface area (Å²) in [5, 5.41) is 12.8. The van der Waals surface area contributed by atoms with Crippen LogP contribution in [0.3, 0.4) is 0 Å². The van der Waals surface area contributed by atoms with Crippen LogP contribution in [0.25, 0.3) is 0 Å². The molecular weight excluding hydrogens is 264 g/mol. The summed E-state index contributed by atoms with van der Waals surface area (Å²) in [6.45, 7) is 2.33. The lowest BCUT2D eigenvalue weighted by Crippen LogP contribution is -2.04. The van der Waals surface area contributed by atoms with Crippen LogP contribution < -0.4 is 11.1 Å². The van der Waals surface area contributed by atoms with Gasteiger partial charge in [0.1, 0.15) is 11.0 Å². The lowest BCUT2D eigenvalue weighted by Gasteiger charge is -2.08. The first-order chi connectivity index (χ1) is 9.04. The van der Waals surface area contributed by atoms with Crippen molar-refractivity contribution in [1.82, 2.24) is 9.97 Å². The van der Waals surface area contributed by atoms with Crippen LogP contribution in [-0.4, -0.2) is 15.1 Å². The maximum atomic E-state index is 9.42. The normalized spacial score (nSPS) is 12.2. The molecule has 1 aromatic carbocycles. The Kier molecular flexibility index (Phi) is 4.19. The standard InChI is InChI=1S/C13H15ClN4O/c1-8(19)10-4-2-9(3-5-10)7-16-12-6-11(14)17-13(15)18-12/h2-6,8,19H,7H2,1H3,(H3,15,16,17,18)/t8-/m0/s1. The summed E-state index contributed by atoms with van der Waals surface area (Å²) in [7, 11) is 0. The minimum absolute atomic E-state index is 0.138. The number of nitrogens with one attached hydrogen (secondary N) is 1. The number of nitrogen functional groups attached to an aromatic ring is 1. The number of hydrogen-bond donors (Lipinski definition) is 3. The average Bonchev–Trinajstić information content (AvgIpc) is 2.36. The molecule has 0 saturated carbocycles. The molecule has 1 atom stereocenters. The van der Waals surface area contributed by atoms with Gasteiger partial charge >= 0.3 is 0 Å². The molecule has 19 heavy (non-hydrogen) atoms. The number of rotatable bonds is 4. The monoisotopic (exact) mass is 278 g/mol. The fourth-order valence-corrected chi connectivity index (χ4v) is 1.82. The van der Waals surface area contributed by atoms with Gasteiger partial charge in [0, 0.05) is 12.6 Å². The summed E-state index contributed by atoms with van der Waals surface area (Å²) in [6.07, 6.45) is -0.456. The first-order valence-corrected chi connectivity index (χ1v) is 6.23. The first-order valence-electron chi connectivity index (χ1n) is 5.85. The number of halogens is 1. The lowest BCUT2D eigenvalue weighted by molar-refractivity contribution is 0.199. The van der Waals surface area contributed by atoms with E-state index in [0.717, 1.165) is 11.1 Å². The van der Waals surface area contributed by atoms with Gasteiger partial charge in [-0.2, -0.15) is 4.98 Å². The molecule has 0 saturated heterocycles. The molecule has 0 bridgehead atoms. The number of aromatic nitrogens is 2. The Morgan fingerprint density at radius 2 is 2.00 bits per heavy atom. The molecule has 6 heteroatoms. The predicted octanol–water partition coefficient (Wildman–Crippen LogP) is 2.38. The molecule has 0 fully saturated rings. The van der Waals surface area contributed by atoms with Crippen molar-refractivity contribution in [2.24, 2.45) is 0 Å². The molecule has 2 rings (SSSR count). The molecule has 5 nitrogen and oxygen atoms in total. The van der Waals surface area contributed by atoms with Gasteiger partial charge in [-0.05, 0) is 18.1 Å². The summed E-state index contributed by atoms with van der Waals surface area (Å²) in [5.41, 5.74) is 7.46.